The van der Waals surface area contributed by atoms with Gasteiger partial charge in [-0.05, 0) is 100 Å². The summed E-state index contributed by atoms with van der Waals surface area (Å²) >= 11 is 0. The number of methoxy groups -OCH3 is 2. The van der Waals surface area contributed by atoms with Gasteiger partial charge in [-0.3, -0.25) is 14.4 Å². The number of amides is 3. The first-order valence-corrected chi connectivity index (χ1v) is 22.1. The smallest absolute Gasteiger partial charge is 0.270 e. The van der Waals surface area contributed by atoms with Crippen molar-refractivity contribution in [3.8, 4) is 17.6 Å². The molecule has 2 aromatic heterocycles. The van der Waals surface area contributed by atoms with Crippen molar-refractivity contribution >= 4 is 41.6 Å². The molecule has 360 valence electrons. The molecule has 4 aliphatic heterocycles. The van der Waals surface area contributed by atoms with Crippen molar-refractivity contribution in [2.45, 2.75) is 84.1 Å². The number of aryl methyl sites for hydroxylation is 2. The molecule has 2 fully saturated rings. The molecule has 0 radical (unpaired) electrons. The number of piperidine rings is 2. The first-order chi connectivity index (χ1) is 32.4. The Labute approximate surface area is 398 Å². The van der Waals surface area contributed by atoms with Crippen LogP contribution in [0.15, 0.2) is 58.8 Å². The summed E-state index contributed by atoms with van der Waals surface area (Å²) in [7, 11) is 2.78. The minimum Gasteiger partial charge on any atom is -0.494 e. The van der Waals surface area contributed by atoms with Crippen molar-refractivity contribution < 1.29 is 42.3 Å². The Morgan fingerprint density at radius 2 is 1.19 bits per heavy atom. The summed E-state index contributed by atoms with van der Waals surface area (Å²) in [4.78, 5) is 67.9. The average Bonchev–Trinajstić information content (AvgIpc) is 4.06. The van der Waals surface area contributed by atoms with E-state index in [1.165, 1.54) is 32.4 Å². The molecule has 4 aliphatic rings. The van der Waals surface area contributed by atoms with Gasteiger partial charge in [0.2, 0.25) is 5.91 Å². The lowest BCUT2D eigenvalue weighted by Gasteiger charge is -2.33. The zero-order chi connectivity index (χ0) is 47.5. The number of nitrogens with one attached hydrogen (secondary N) is 3. The van der Waals surface area contributed by atoms with Crippen LogP contribution < -0.4 is 25.4 Å². The lowest BCUT2D eigenvalue weighted by Crippen LogP contribution is -2.41. The Kier molecular flexibility index (Phi) is 17.7. The number of carbonyl (C=O) groups excluding carboxylic acids is 3. The summed E-state index contributed by atoms with van der Waals surface area (Å²) in [6, 6.07) is 14.0. The molecular weight excluding hydrogens is 904 g/mol. The fourth-order valence-electron chi connectivity index (χ4n) is 8.35. The van der Waals surface area contributed by atoms with E-state index >= 15 is 0 Å². The molecule has 4 aromatic rings. The van der Waals surface area contributed by atoms with Crippen LogP contribution in [-0.2, 0) is 27.6 Å². The Morgan fingerprint density at radius 3 is 1.63 bits per heavy atom. The molecule has 0 spiro atoms. The summed E-state index contributed by atoms with van der Waals surface area (Å²) in [6.07, 6.45) is 4.73. The minimum absolute atomic E-state index is 0. The highest BCUT2D eigenvalue weighted by Gasteiger charge is 2.35. The number of ether oxygens (including phenoxy) is 2. The van der Waals surface area contributed by atoms with Gasteiger partial charge in [0.1, 0.15) is 53.1 Å². The van der Waals surface area contributed by atoms with E-state index in [4.69, 9.17) is 24.4 Å². The first-order valence-electron chi connectivity index (χ1n) is 22.1. The van der Waals surface area contributed by atoms with E-state index in [1.807, 2.05) is 6.07 Å². The predicted molar refractivity (Wildman–Crippen MR) is 246 cm³/mol. The Balaban J connectivity index is 0.000000223. The van der Waals surface area contributed by atoms with Crippen LogP contribution in [-0.4, -0.2) is 107 Å². The van der Waals surface area contributed by atoms with E-state index in [0.29, 0.717) is 66.2 Å². The van der Waals surface area contributed by atoms with Crippen molar-refractivity contribution in [1.29, 1.82) is 5.26 Å². The third kappa shape index (κ3) is 13.0. The van der Waals surface area contributed by atoms with Gasteiger partial charge < -0.3 is 40.0 Å². The van der Waals surface area contributed by atoms with Gasteiger partial charge in [-0.1, -0.05) is 22.4 Å². The number of carbonyl (C=O) groups is 3. The number of nitrogens with zero attached hydrogens (tertiary/aromatic N) is 8. The molecule has 3 amide bonds. The van der Waals surface area contributed by atoms with Gasteiger partial charge in [0, 0.05) is 50.9 Å². The van der Waals surface area contributed by atoms with Gasteiger partial charge in [0.25, 0.3) is 11.8 Å². The minimum atomic E-state index is -0.473. The summed E-state index contributed by atoms with van der Waals surface area (Å²) in [6.45, 7) is 7.02. The lowest BCUT2D eigenvalue weighted by molar-refractivity contribution is -0.132. The van der Waals surface area contributed by atoms with Crippen molar-refractivity contribution in [1.82, 2.24) is 40.8 Å². The number of likely N-dealkylation sites (tertiary alicyclic amines) is 1. The predicted octanol–water partition coefficient (Wildman–Crippen LogP) is 5.29. The Morgan fingerprint density at radius 1 is 0.735 bits per heavy atom. The second kappa shape index (κ2) is 23.7. The zero-order valence-electron chi connectivity index (χ0n) is 38.2. The van der Waals surface area contributed by atoms with Gasteiger partial charge >= 0.3 is 0 Å². The number of benzene rings is 2. The molecule has 68 heavy (non-hydrogen) atoms. The fraction of sp³-hybridized carbons (Fsp3) is 0.447. The molecule has 3 N–H and O–H groups in total. The highest BCUT2D eigenvalue weighted by Crippen LogP contribution is 2.31. The van der Waals surface area contributed by atoms with Gasteiger partial charge in [0.15, 0.2) is 23.1 Å². The van der Waals surface area contributed by atoms with Gasteiger partial charge in [0.05, 0.1) is 31.7 Å². The van der Waals surface area contributed by atoms with Gasteiger partial charge in [-0.15, -0.1) is 12.4 Å². The molecule has 0 bridgehead atoms. The maximum absolute atomic E-state index is 13.6. The van der Waals surface area contributed by atoms with Crippen LogP contribution in [0.5, 0.6) is 11.5 Å². The van der Waals surface area contributed by atoms with Gasteiger partial charge in [-0.2, -0.15) is 5.26 Å². The van der Waals surface area contributed by atoms with Crippen molar-refractivity contribution in [3.63, 3.8) is 0 Å². The Bertz CT molecular complexity index is 2560. The van der Waals surface area contributed by atoms with Crippen LogP contribution in [0.25, 0.3) is 0 Å². The summed E-state index contributed by atoms with van der Waals surface area (Å²) < 4.78 is 37.1. The third-order valence-corrected chi connectivity index (χ3v) is 12.0. The van der Waals surface area contributed by atoms with E-state index in [2.05, 4.69) is 46.2 Å². The molecule has 2 unspecified atom stereocenters. The number of hydrogen-bond donors (Lipinski definition) is 3. The number of nitriles is 1. The van der Waals surface area contributed by atoms with E-state index in [-0.39, 0.29) is 84.7 Å². The van der Waals surface area contributed by atoms with Crippen LogP contribution in [0.2, 0.25) is 0 Å². The van der Waals surface area contributed by atoms with E-state index in [9.17, 15) is 23.2 Å². The molecule has 6 heterocycles. The second-order valence-corrected chi connectivity index (χ2v) is 16.6. The van der Waals surface area contributed by atoms with Crippen molar-refractivity contribution in [2.24, 2.45) is 22.1 Å². The SMILES string of the molecule is COc1cc(CNC(=O)c2cc(C3=NOC(C4CCN(C(=O)CC#N)CC4)C3)nc(C)n2)ccc1F.COc1cc(CNC(=O)c2cc(C3=NOC(C4CCNCC4)C3)nc(C)n2)ccc1F.Cl. The quantitative estimate of drug-likeness (QED) is 0.155. The summed E-state index contributed by atoms with van der Waals surface area (Å²) in [5.41, 5.74) is 4.38. The molecule has 2 saturated heterocycles. The van der Waals surface area contributed by atoms with Crippen LogP contribution in [0.4, 0.5) is 8.78 Å². The van der Waals surface area contributed by atoms with Crippen molar-refractivity contribution in [2.75, 3.05) is 40.4 Å². The molecule has 0 aliphatic carbocycles. The summed E-state index contributed by atoms with van der Waals surface area (Å²) in [5.74, 6) is 0.0635. The highest BCUT2D eigenvalue weighted by atomic mass is 35.5. The summed E-state index contributed by atoms with van der Waals surface area (Å²) in [5, 5.41) is 26.2. The van der Waals surface area contributed by atoms with E-state index in [1.54, 1.807) is 49.1 Å². The first kappa shape index (κ1) is 50.6. The van der Waals surface area contributed by atoms with Crippen LogP contribution >= 0.6 is 12.4 Å². The third-order valence-electron chi connectivity index (χ3n) is 12.0. The van der Waals surface area contributed by atoms with E-state index in [0.717, 1.165) is 50.0 Å². The van der Waals surface area contributed by atoms with Crippen molar-refractivity contribution in [3.05, 3.63) is 106 Å². The zero-order valence-corrected chi connectivity index (χ0v) is 39.0. The fourth-order valence-corrected chi connectivity index (χ4v) is 8.35. The molecule has 2 atom stereocenters. The maximum atomic E-state index is 13.6. The van der Waals surface area contributed by atoms with Gasteiger partial charge in [-0.25, -0.2) is 28.7 Å². The largest absolute Gasteiger partial charge is 0.494 e. The number of rotatable bonds is 13. The number of aromatic nitrogens is 4. The highest BCUT2D eigenvalue weighted by molar-refractivity contribution is 6.02. The molecule has 21 heteroatoms. The molecular formula is C47H54ClF2N11O7. The normalized spacial score (nSPS) is 18.0. The Hall–Kier alpha value is -6.85. The molecule has 0 saturated carbocycles. The number of hydrogen-bond acceptors (Lipinski definition) is 15. The van der Waals surface area contributed by atoms with Crippen LogP contribution in [0, 0.1) is 48.6 Å². The monoisotopic (exact) mass is 957 g/mol. The van der Waals surface area contributed by atoms with E-state index < -0.39 is 17.5 Å². The topological polar surface area (TPSA) is 228 Å². The average molecular weight is 958 g/mol. The molecule has 2 aromatic carbocycles. The molecule has 8 rings (SSSR count). The van der Waals surface area contributed by atoms with Crippen LogP contribution in [0.3, 0.4) is 0 Å². The number of halogens is 3. The standard InChI is InChI=1S/C25H27FN6O4.C22H26FN5O3.ClH/c1-15-29-19(12-21(30-15)25(34)28-14-16-3-4-18(26)23(11-16)35-2)20-13-22(36-31-20)17-6-9-32(10-7-17)24(33)5-8-27;1-13-26-17(18-11-20(31-28-18)15-5-7-24-8-6-15)10-19(27-13)22(29)25-12-14-3-4-16(23)21(9-14)30-2;/h3-4,11-12,17,22H,5-7,9-10,13-14H2,1-2H3,(H,28,34);3-4,9-10,15,20,24H,5-8,11-12H2,1-2H3,(H,25,29);1H. The maximum Gasteiger partial charge on any atom is 0.270 e. The number of oxime groups is 2. The second-order valence-electron chi connectivity index (χ2n) is 16.6. The lowest BCUT2D eigenvalue weighted by atomic mass is 9.88. The molecule has 18 nitrogen and oxygen atoms in total. The van der Waals surface area contributed by atoms with Crippen LogP contribution in [0.1, 0.15) is 100 Å².